The number of anilines is 1. The van der Waals surface area contributed by atoms with E-state index in [0.29, 0.717) is 29.2 Å². The molecule has 0 fully saturated rings. The third kappa shape index (κ3) is 4.71. The molecular formula is C21H22ClN3O3. The molecule has 6 nitrogen and oxygen atoms in total. The molecule has 3 aromatic rings. The van der Waals surface area contributed by atoms with Crippen molar-refractivity contribution in [1.82, 2.24) is 9.88 Å². The van der Waals surface area contributed by atoms with Gasteiger partial charge >= 0.3 is 6.03 Å². The molecule has 146 valence electrons. The van der Waals surface area contributed by atoms with E-state index in [4.69, 9.17) is 11.6 Å². The fraction of sp³-hybridized carbons (Fsp3) is 0.238. The fourth-order valence-corrected chi connectivity index (χ4v) is 3.14. The third-order valence-electron chi connectivity index (χ3n) is 4.43. The second-order valence-electron chi connectivity index (χ2n) is 6.62. The van der Waals surface area contributed by atoms with Crippen LogP contribution < -0.4 is 10.9 Å². The standard InChI is InChI=1S/C21H22ClN3O3/c1-14-7-8-15-12-16(20(27)23-19(15)11-14)13-25(9-4-10-26)21(28)24-18-6-3-2-5-17(18)22/h2-3,5-8,11-12,26H,4,9-10,13H2,1H3,(H,23,27)(H,24,28). The van der Waals surface area contributed by atoms with Gasteiger partial charge in [0.05, 0.1) is 17.3 Å². The maximum atomic E-state index is 12.8. The zero-order chi connectivity index (χ0) is 20.1. The number of carbonyl (C=O) groups is 1. The number of pyridine rings is 1. The average Bonchev–Trinajstić information content (AvgIpc) is 2.67. The summed E-state index contributed by atoms with van der Waals surface area (Å²) >= 11 is 6.11. The van der Waals surface area contributed by atoms with E-state index < -0.39 is 0 Å². The number of aromatic amines is 1. The largest absolute Gasteiger partial charge is 0.396 e. The number of para-hydroxylation sites is 1. The fourth-order valence-electron chi connectivity index (χ4n) is 2.95. The van der Waals surface area contributed by atoms with E-state index in [1.807, 2.05) is 25.1 Å². The summed E-state index contributed by atoms with van der Waals surface area (Å²) in [5.74, 6) is 0. The number of aliphatic hydroxyl groups is 1. The quantitative estimate of drug-likeness (QED) is 0.587. The molecule has 2 amide bonds. The van der Waals surface area contributed by atoms with E-state index in [2.05, 4.69) is 10.3 Å². The van der Waals surface area contributed by atoms with Gasteiger partial charge < -0.3 is 20.3 Å². The number of halogens is 1. The third-order valence-corrected chi connectivity index (χ3v) is 4.76. The van der Waals surface area contributed by atoms with Crippen LogP contribution in [0.1, 0.15) is 17.5 Å². The topological polar surface area (TPSA) is 85.4 Å². The molecule has 3 N–H and O–H groups in total. The lowest BCUT2D eigenvalue weighted by molar-refractivity contribution is 0.199. The number of hydrogen-bond acceptors (Lipinski definition) is 3. The predicted molar refractivity (Wildman–Crippen MR) is 112 cm³/mol. The SMILES string of the molecule is Cc1ccc2cc(CN(CCCO)C(=O)Nc3ccccc3Cl)c(=O)[nH]c2c1. The molecule has 0 atom stereocenters. The van der Waals surface area contributed by atoms with Crippen molar-refractivity contribution in [1.29, 1.82) is 0 Å². The molecule has 0 aliphatic carbocycles. The van der Waals surface area contributed by atoms with Crippen molar-refractivity contribution in [3.05, 3.63) is 75.0 Å². The Morgan fingerprint density at radius 2 is 2.00 bits per heavy atom. The highest BCUT2D eigenvalue weighted by Gasteiger charge is 2.17. The Kier molecular flexibility index (Phi) is 6.34. The number of fused-ring (bicyclic) bond motifs is 1. The van der Waals surface area contributed by atoms with Gasteiger partial charge in [0.1, 0.15) is 0 Å². The second-order valence-corrected chi connectivity index (χ2v) is 7.03. The van der Waals surface area contributed by atoms with Gasteiger partial charge in [-0.2, -0.15) is 0 Å². The highest BCUT2D eigenvalue weighted by Crippen LogP contribution is 2.21. The summed E-state index contributed by atoms with van der Waals surface area (Å²) in [5.41, 5.74) is 2.54. The van der Waals surface area contributed by atoms with Crippen LogP contribution in [0.3, 0.4) is 0 Å². The highest BCUT2D eigenvalue weighted by atomic mass is 35.5. The Balaban J connectivity index is 1.86. The van der Waals surface area contributed by atoms with Gasteiger partial charge in [0.25, 0.3) is 5.56 Å². The maximum Gasteiger partial charge on any atom is 0.322 e. The number of nitrogens with one attached hydrogen (secondary N) is 2. The molecule has 0 aliphatic rings. The predicted octanol–water partition coefficient (Wildman–Crippen LogP) is 3.91. The first kappa shape index (κ1) is 19.9. The van der Waals surface area contributed by atoms with Crippen molar-refractivity contribution in [2.24, 2.45) is 0 Å². The van der Waals surface area contributed by atoms with Crippen molar-refractivity contribution in [3.8, 4) is 0 Å². The first-order valence-electron chi connectivity index (χ1n) is 9.02. The molecule has 3 rings (SSSR count). The zero-order valence-electron chi connectivity index (χ0n) is 15.5. The smallest absolute Gasteiger partial charge is 0.322 e. The molecule has 28 heavy (non-hydrogen) atoms. The van der Waals surface area contributed by atoms with Gasteiger partial charge in [0, 0.05) is 24.2 Å². The molecule has 7 heteroatoms. The lowest BCUT2D eigenvalue weighted by Gasteiger charge is -2.23. The van der Waals surface area contributed by atoms with Gasteiger partial charge in [-0.25, -0.2) is 4.79 Å². The Bertz CT molecular complexity index is 1050. The van der Waals surface area contributed by atoms with Crippen LogP contribution in [0.25, 0.3) is 10.9 Å². The summed E-state index contributed by atoms with van der Waals surface area (Å²) in [5, 5.41) is 13.3. The zero-order valence-corrected chi connectivity index (χ0v) is 16.3. The normalized spacial score (nSPS) is 10.8. The minimum Gasteiger partial charge on any atom is -0.396 e. The number of nitrogens with zero attached hydrogens (tertiary/aromatic N) is 1. The minimum atomic E-state index is -0.384. The van der Waals surface area contributed by atoms with E-state index in [9.17, 15) is 14.7 Å². The van der Waals surface area contributed by atoms with Crippen LogP contribution in [-0.2, 0) is 6.54 Å². The summed E-state index contributed by atoms with van der Waals surface area (Å²) < 4.78 is 0. The Morgan fingerprint density at radius 1 is 1.21 bits per heavy atom. The highest BCUT2D eigenvalue weighted by molar-refractivity contribution is 6.33. The Labute approximate surface area is 167 Å². The number of urea groups is 1. The van der Waals surface area contributed by atoms with Crippen molar-refractivity contribution in [3.63, 3.8) is 0 Å². The summed E-state index contributed by atoms with van der Waals surface area (Å²) in [7, 11) is 0. The van der Waals surface area contributed by atoms with E-state index in [-0.39, 0.29) is 24.7 Å². The molecule has 0 aliphatic heterocycles. The number of rotatable bonds is 6. The van der Waals surface area contributed by atoms with Gasteiger partial charge in [0.2, 0.25) is 0 Å². The number of amides is 2. The molecule has 2 aromatic carbocycles. The molecule has 1 heterocycles. The van der Waals surface area contributed by atoms with E-state index in [1.165, 1.54) is 4.90 Å². The van der Waals surface area contributed by atoms with Crippen LogP contribution in [0.5, 0.6) is 0 Å². The van der Waals surface area contributed by atoms with E-state index in [0.717, 1.165) is 16.5 Å². The summed E-state index contributed by atoms with van der Waals surface area (Å²) in [6.07, 6.45) is 0.403. The number of carbonyl (C=O) groups excluding carboxylic acids is 1. The van der Waals surface area contributed by atoms with Crippen LogP contribution in [0, 0.1) is 6.92 Å². The van der Waals surface area contributed by atoms with Gasteiger partial charge in [-0.3, -0.25) is 4.79 Å². The maximum absolute atomic E-state index is 12.8. The number of hydrogen-bond donors (Lipinski definition) is 3. The van der Waals surface area contributed by atoms with Crippen LogP contribution in [0.15, 0.2) is 53.3 Å². The second kappa shape index (κ2) is 8.91. The lowest BCUT2D eigenvalue weighted by atomic mass is 10.1. The van der Waals surface area contributed by atoms with Crippen molar-refractivity contribution in [2.75, 3.05) is 18.5 Å². The van der Waals surface area contributed by atoms with Crippen molar-refractivity contribution in [2.45, 2.75) is 19.9 Å². The molecule has 0 radical (unpaired) electrons. The summed E-state index contributed by atoms with van der Waals surface area (Å²) in [6, 6.07) is 14.2. The lowest BCUT2D eigenvalue weighted by Crippen LogP contribution is -2.37. The molecule has 0 saturated carbocycles. The minimum absolute atomic E-state index is 0.0524. The molecule has 0 saturated heterocycles. The van der Waals surface area contributed by atoms with E-state index >= 15 is 0 Å². The van der Waals surface area contributed by atoms with Crippen molar-refractivity contribution < 1.29 is 9.90 Å². The van der Waals surface area contributed by atoms with Gasteiger partial charge in [-0.15, -0.1) is 0 Å². The van der Waals surface area contributed by atoms with Crippen LogP contribution in [0.2, 0.25) is 5.02 Å². The molecule has 0 unspecified atom stereocenters. The molecule has 1 aromatic heterocycles. The van der Waals surface area contributed by atoms with Gasteiger partial charge in [-0.05, 0) is 48.6 Å². The average molecular weight is 400 g/mol. The number of aryl methyl sites for hydroxylation is 1. The van der Waals surface area contributed by atoms with Crippen LogP contribution >= 0.6 is 11.6 Å². The monoisotopic (exact) mass is 399 g/mol. The van der Waals surface area contributed by atoms with Crippen LogP contribution in [0.4, 0.5) is 10.5 Å². The summed E-state index contributed by atoms with van der Waals surface area (Å²) in [4.78, 5) is 29.6. The number of H-pyrrole nitrogens is 1. The molecule has 0 spiro atoms. The Morgan fingerprint density at radius 3 is 2.75 bits per heavy atom. The first-order chi connectivity index (χ1) is 13.5. The van der Waals surface area contributed by atoms with Crippen LogP contribution in [-0.4, -0.2) is 34.2 Å². The van der Waals surface area contributed by atoms with Crippen molar-refractivity contribution >= 4 is 34.2 Å². The van der Waals surface area contributed by atoms with Gasteiger partial charge in [-0.1, -0.05) is 35.9 Å². The molecular weight excluding hydrogens is 378 g/mol. The van der Waals surface area contributed by atoms with Gasteiger partial charge in [0.15, 0.2) is 0 Å². The first-order valence-corrected chi connectivity index (χ1v) is 9.39. The molecule has 0 bridgehead atoms. The number of benzene rings is 2. The number of aromatic nitrogens is 1. The Hall–Kier alpha value is -2.83. The number of aliphatic hydroxyl groups excluding tert-OH is 1. The van der Waals surface area contributed by atoms with E-state index in [1.54, 1.807) is 30.3 Å². The summed E-state index contributed by atoms with van der Waals surface area (Å²) in [6.45, 7) is 2.33.